The van der Waals surface area contributed by atoms with Gasteiger partial charge in [0.15, 0.2) is 0 Å². The maximum absolute atomic E-state index is 12.5. The molecule has 7 nitrogen and oxygen atoms in total. The molecule has 0 spiro atoms. The quantitative estimate of drug-likeness (QED) is 0.621. The first kappa shape index (κ1) is 20.2. The van der Waals surface area contributed by atoms with Crippen molar-refractivity contribution in [1.82, 2.24) is 15.5 Å². The molecule has 1 aromatic heterocycles. The number of nitrogens with zero attached hydrogens (tertiary/aromatic N) is 1. The molecule has 0 atom stereocenters. The first-order chi connectivity index (χ1) is 15.0. The molecule has 1 aliphatic heterocycles. The maximum Gasteiger partial charge on any atom is 0.259 e. The molecular formula is C24H21N3O4. The minimum Gasteiger partial charge on any atom is -0.467 e. The minimum atomic E-state index is -0.310. The van der Waals surface area contributed by atoms with Gasteiger partial charge in [-0.15, -0.1) is 0 Å². The van der Waals surface area contributed by atoms with Crippen LogP contribution in [0.5, 0.6) is 0 Å². The van der Waals surface area contributed by atoms with Crippen LogP contribution in [0.4, 0.5) is 0 Å². The summed E-state index contributed by atoms with van der Waals surface area (Å²) < 4.78 is 5.20. The van der Waals surface area contributed by atoms with E-state index in [2.05, 4.69) is 17.2 Å². The largest absolute Gasteiger partial charge is 0.467 e. The van der Waals surface area contributed by atoms with Gasteiger partial charge >= 0.3 is 0 Å². The van der Waals surface area contributed by atoms with Crippen molar-refractivity contribution < 1.29 is 18.8 Å². The summed E-state index contributed by atoms with van der Waals surface area (Å²) in [7, 11) is 0. The molecular weight excluding hydrogens is 394 g/mol. The monoisotopic (exact) mass is 415 g/mol. The van der Waals surface area contributed by atoms with E-state index in [1.807, 2.05) is 18.2 Å². The van der Waals surface area contributed by atoms with Crippen molar-refractivity contribution in [3.05, 3.63) is 102 Å². The van der Waals surface area contributed by atoms with Crippen LogP contribution < -0.4 is 10.6 Å². The normalized spacial score (nSPS) is 12.6. The van der Waals surface area contributed by atoms with Gasteiger partial charge < -0.3 is 15.1 Å². The molecule has 156 valence electrons. The van der Waals surface area contributed by atoms with E-state index in [0.29, 0.717) is 29.1 Å². The lowest BCUT2D eigenvalue weighted by Gasteiger charge is -2.17. The fraction of sp³-hybridized carbons (Fsp3) is 0.125. The summed E-state index contributed by atoms with van der Waals surface area (Å²) in [4.78, 5) is 38.7. The van der Waals surface area contributed by atoms with Crippen LogP contribution in [0.2, 0.25) is 0 Å². The lowest BCUT2D eigenvalue weighted by atomic mass is 10.1. The Morgan fingerprint density at radius 2 is 1.74 bits per heavy atom. The number of fused-ring (bicyclic) bond motifs is 1. The number of hydrogen-bond donors (Lipinski definition) is 2. The van der Waals surface area contributed by atoms with Gasteiger partial charge in [-0.05, 0) is 35.9 Å². The van der Waals surface area contributed by atoms with Crippen molar-refractivity contribution in [3.63, 3.8) is 0 Å². The van der Waals surface area contributed by atoms with Crippen LogP contribution in [0.3, 0.4) is 0 Å². The molecule has 0 fully saturated rings. The third-order valence-electron chi connectivity index (χ3n) is 5.02. The summed E-state index contributed by atoms with van der Waals surface area (Å²) in [5.74, 6) is -0.112. The van der Waals surface area contributed by atoms with Crippen molar-refractivity contribution in [2.24, 2.45) is 0 Å². The van der Waals surface area contributed by atoms with Gasteiger partial charge in [0, 0.05) is 28.9 Å². The van der Waals surface area contributed by atoms with Gasteiger partial charge in [0.25, 0.3) is 11.8 Å². The average molecular weight is 415 g/mol. The molecule has 0 aliphatic carbocycles. The van der Waals surface area contributed by atoms with E-state index in [1.165, 1.54) is 4.90 Å². The van der Waals surface area contributed by atoms with Crippen LogP contribution in [0, 0.1) is 0 Å². The second-order valence-electron chi connectivity index (χ2n) is 7.12. The van der Waals surface area contributed by atoms with Gasteiger partial charge in [-0.2, -0.15) is 0 Å². The summed E-state index contributed by atoms with van der Waals surface area (Å²) in [5.41, 5.74) is 3.07. The highest BCUT2D eigenvalue weighted by atomic mass is 16.3. The molecule has 0 radical (unpaired) electrons. The first-order valence-electron chi connectivity index (χ1n) is 9.79. The predicted octanol–water partition coefficient (Wildman–Crippen LogP) is 2.95. The van der Waals surface area contributed by atoms with E-state index >= 15 is 0 Å². The highest BCUT2D eigenvalue weighted by Gasteiger charge is 2.31. The van der Waals surface area contributed by atoms with Gasteiger partial charge in [0.05, 0.1) is 12.8 Å². The Morgan fingerprint density at radius 3 is 2.48 bits per heavy atom. The minimum absolute atomic E-state index is 0.115. The number of nitrogens with one attached hydrogen (secondary N) is 2. The molecule has 31 heavy (non-hydrogen) atoms. The van der Waals surface area contributed by atoms with Crippen molar-refractivity contribution >= 4 is 23.4 Å². The molecule has 4 rings (SSSR count). The summed E-state index contributed by atoms with van der Waals surface area (Å²) in [6.45, 7) is 4.35. The number of benzene rings is 2. The van der Waals surface area contributed by atoms with Gasteiger partial charge in [-0.3, -0.25) is 19.3 Å². The van der Waals surface area contributed by atoms with E-state index in [9.17, 15) is 14.4 Å². The van der Waals surface area contributed by atoms with E-state index in [-0.39, 0.29) is 30.8 Å². The molecule has 0 unspecified atom stereocenters. The number of hydrogen-bond acceptors (Lipinski definition) is 4. The molecule has 2 heterocycles. The fourth-order valence-corrected chi connectivity index (χ4v) is 3.41. The first-order valence-corrected chi connectivity index (χ1v) is 9.79. The molecule has 0 saturated heterocycles. The van der Waals surface area contributed by atoms with Gasteiger partial charge in [0.1, 0.15) is 12.3 Å². The fourth-order valence-electron chi connectivity index (χ4n) is 3.41. The van der Waals surface area contributed by atoms with Crippen molar-refractivity contribution in [2.75, 3.05) is 6.54 Å². The zero-order valence-corrected chi connectivity index (χ0v) is 16.8. The number of amides is 3. The lowest BCUT2D eigenvalue weighted by molar-refractivity contribution is -0.121. The molecule has 2 aromatic carbocycles. The zero-order valence-electron chi connectivity index (χ0n) is 16.8. The summed E-state index contributed by atoms with van der Waals surface area (Å²) >= 11 is 0. The Kier molecular flexibility index (Phi) is 5.66. The maximum atomic E-state index is 12.5. The molecule has 3 aromatic rings. The van der Waals surface area contributed by atoms with E-state index in [1.54, 1.807) is 48.7 Å². The van der Waals surface area contributed by atoms with Gasteiger partial charge in [-0.25, -0.2) is 0 Å². The third-order valence-corrected chi connectivity index (χ3v) is 5.02. The van der Waals surface area contributed by atoms with Crippen molar-refractivity contribution in [2.45, 2.75) is 13.1 Å². The van der Waals surface area contributed by atoms with Crippen molar-refractivity contribution in [1.29, 1.82) is 0 Å². The average Bonchev–Trinajstić information content (AvgIpc) is 3.40. The van der Waals surface area contributed by atoms with Crippen LogP contribution >= 0.6 is 0 Å². The smallest absolute Gasteiger partial charge is 0.259 e. The number of carbonyl (C=O) groups is 3. The highest BCUT2D eigenvalue weighted by Crippen LogP contribution is 2.30. The van der Waals surface area contributed by atoms with Crippen LogP contribution in [0.25, 0.3) is 5.70 Å². The Bertz CT molecular complexity index is 1120. The molecule has 0 saturated carbocycles. The summed E-state index contributed by atoms with van der Waals surface area (Å²) in [6.07, 6.45) is 1.55. The molecule has 7 heteroatoms. The van der Waals surface area contributed by atoms with Crippen LogP contribution in [-0.2, 0) is 17.9 Å². The van der Waals surface area contributed by atoms with Crippen LogP contribution in [-0.4, -0.2) is 29.2 Å². The SMILES string of the molecule is C=C1c2ccccc2C(=O)N1CC(=O)NCc1cccc(C(=O)NCc2ccco2)c1. The Hall–Kier alpha value is -4.13. The summed E-state index contributed by atoms with van der Waals surface area (Å²) in [5, 5.41) is 5.58. The van der Waals surface area contributed by atoms with Gasteiger partial charge in [-0.1, -0.05) is 36.9 Å². The Labute approximate surface area is 179 Å². The second-order valence-corrected chi connectivity index (χ2v) is 7.12. The van der Waals surface area contributed by atoms with E-state index in [4.69, 9.17) is 4.42 Å². The highest BCUT2D eigenvalue weighted by molar-refractivity contribution is 6.10. The standard InChI is InChI=1S/C24H21N3O4/c1-16-20-9-2-3-10-21(20)24(30)27(16)15-22(28)25-13-17-6-4-7-18(12-17)23(29)26-14-19-8-5-11-31-19/h2-12H,1,13-15H2,(H,25,28)(H,26,29). The third kappa shape index (κ3) is 4.40. The van der Waals surface area contributed by atoms with Crippen LogP contribution in [0.15, 0.2) is 77.9 Å². The molecule has 3 amide bonds. The van der Waals surface area contributed by atoms with E-state index < -0.39 is 0 Å². The lowest BCUT2D eigenvalue weighted by Crippen LogP contribution is -2.36. The molecule has 2 N–H and O–H groups in total. The predicted molar refractivity (Wildman–Crippen MR) is 115 cm³/mol. The Balaban J connectivity index is 1.32. The number of carbonyl (C=O) groups excluding carboxylic acids is 3. The van der Waals surface area contributed by atoms with E-state index in [0.717, 1.165) is 11.1 Å². The van der Waals surface area contributed by atoms with Crippen molar-refractivity contribution in [3.8, 4) is 0 Å². The second kappa shape index (κ2) is 8.71. The topological polar surface area (TPSA) is 91.7 Å². The zero-order chi connectivity index (χ0) is 21.8. The summed E-state index contributed by atoms with van der Waals surface area (Å²) in [6, 6.07) is 17.7. The molecule has 0 bridgehead atoms. The Morgan fingerprint density at radius 1 is 0.935 bits per heavy atom. The number of furan rings is 1. The van der Waals surface area contributed by atoms with Crippen LogP contribution in [0.1, 0.15) is 37.6 Å². The van der Waals surface area contributed by atoms with Gasteiger partial charge in [0.2, 0.25) is 5.91 Å². The number of rotatable bonds is 7. The molecule has 1 aliphatic rings.